The molecule has 0 spiro atoms. The first-order chi connectivity index (χ1) is 7.92. The van der Waals surface area contributed by atoms with Gasteiger partial charge in [-0.1, -0.05) is 39.5 Å². The van der Waals surface area contributed by atoms with Crippen LogP contribution in [0.15, 0.2) is 0 Å². The lowest BCUT2D eigenvalue weighted by molar-refractivity contribution is -0.167. The summed E-state index contributed by atoms with van der Waals surface area (Å²) < 4.78 is 4.61. The van der Waals surface area contributed by atoms with Gasteiger partial charge >= 0.3 is 11.9 Å². The first-order valence-corrected chi connectivity index (χ1v) is 6.24. The number of ether oxygens (including phenoxy) is 1. The zero-order chi connectivity index (χ0) is 13.5. The van der Waals surface area contributed by atoms with E-state index in [2.05, 4.69) is 11.7 Å². The first-order valence-electron chi connectivity index (χ1n) is 6.24. The van der Waals surface area contributed by atoms with Gasteiger partial charge in [0.25, 0.3) is 0 Å². The second-order valence-electron chi connectivity index (χ2n) is 4.75. The van der Waals surface area contributed by atoms with Crippen molar-refractivity contribution >= 4 is 11.9 Å². The van der Waals surface area contributed by atoms with Crippen molar-refractivity contribution in [3.8, 4) is 0 Å². The molecule has 0 rings (SSSR count). The van der Waals surface area contributed by atoms with Crippen LogP contribution in [0.4, 0.5) is 0 Å². The van der Waals surface area contributed by atoms with E-state index < -0.39 is 17.4 Å². The van der Waals surface area contributed by atoms with Crippen LogP contribution < -0.4 is 0 Å². The van der Waals surface area contributed by atoms with E-state index in [0.29, 0.717) is 6.42 Å². The van der Waals surface area contributed by atoms with E-state index in [-0.39, 0.29) is 5.92 Å². The molecule has 4 heteroatoms. The highest BCUT2D eigenvalue weighted by Gasteiger charge is 2.43. The number of unbranched alkanes of at least 4 members (excludes halogenated alkanes) is 1. The summed E-state index contributed by atoms with van der Waals surface area (Å²) >= 11 is 0. The first kappa shape index (κ1) is 15.9. The fourth-order valence-electron chi connectivity index (χ4n) is 2.00. The van der Waals surface area contributed by atoms with Crippen LogP contribution in [0.5, 0.6) is 0 Å². The van der Waals surface area contributed by atoms with Gasteiger partial charge in [0.15, 0.2) is 5.41 Å². The van der Waals surface area contributed by atoms with Crippen molar-refractivity contribution in [3.63, 3.8) is 0 Å². The van der Waals surface area contributed by atoms with Gasteiger partial charge in [-0.15, -0.1) is 0 Å². The van der Waals surface area contributed by atoms with E-state index in [9.17, 15) is 14.7 Å². The molecule has 0 heterocycles. The summed E-state index contributed by atoms with van der Waals surface area (Å²) in [6, 6.07) is 0. The molecule has 0 saturated carbocycles. The number of carbonyl (C=O) groups is 2. The summed E-state index contributed by atoms with van der Waals surface area (Å²) in [6.07, 6.45) is 4.35. The van der Waals surface area contributed by atoms with Crippen LogP contribution in [0.1, 0.15) is 52.9 Å². The van der Waals surface area contributed by atoms with Crippen molar-refractivity contribution in [2.45, 2.75) is 52.9 Å². The van der Waals surface area contributed by atoms with Gasteiger partial charge in [-0.2, -0.15) is 0 Å². The second-order valence-corrected chi connectivity index (χ2v) is 4.75. The Hall–Kier alpha value is -1.06. The number of hydrogen-bond donors (Lipinski definition) is 1. The highest BCUT2D eigenvalue weighted by Crippen LogP contribution is 2.32. The number of carboxylic acid groups (broad SMARTS) is 1. The Kier molecular flexibility index (Phi) is 6.85. The maximum Gasteiger partial charge on any atom is 0.322 e. The summed E-state index contributed by atoms with van der Waals surface area (Å²) in [5, 5.41) is 9.20. The number of carbonyl (C=O) groups excluding carboxylic acids is 1. The highest BCUT2D eigenvalue weighted by molar-refractivity contribution is 5.98. The van der Waals surface area contributed by atoms with Crippen molar-refractivity contribution in [1.82, 2.24) is 0 Å². The Morgan fingerprint density at radius 1 is 1.35 bits per heavy atom. The van der Waals surface area contributed by atoms with Crippen molar-refractivity contribution in [2.75, 3.05) is 7.11 Å². The lowest BCUT2D eigenvalue weighted by Crippen LogP contribution is -2.39. The van der Waals surface area contributed by atoms with E-state index >= 15 is 0 Å². The van der Waals surface area contributed by atoms with Gasteiger partial charge in [0.05, 0.1) is 7.11 Å². The van der Waals surface area contributed by atoms with Crippen LogP contribution in [0, 0.1) is 11.3 Å². The Balaban J connectivity index is 4.72. The fraction of sp³-hybridized carbons (Fsp3) is 0.846. The molecule has 4 nitrogen and oxygen atoms in total. The summed E-state index contributed by atoms with van der Waals surface area (Å²) in [5.74, 6) is -1.49. The standard InChI is InChI=1S/C13H24O4/c1-5-7-8-10(6-2)9-13(3,11(14)15)12(16)17-4/h10H,5-9H2,1-4H3,(H,14,15). The molecule has 0 aliphatic rings. The van der Waals surface area contributed by atoms with Crippen LogP contribution in [0.2, 0.25) is 0 Å². The molecule has 0 aromatic heterocycles. The highest BCUT2D eigenvalue weighted by atomic mass is 16.5. The summed E-state index contributed by atoms with van der Waals surface area (Å²) in [4.78, 5) is 22.8. The maximum absolute atomic E-state index is 11.6. The van der Waals surface area contributed by atoms with Gasteiger partial charge in [-0.05, 0) is 19.3 Å². The van der Waals surface area contributed by atoms with Crippen molar-refractivity contribution in [2.24, 2.45) is 11.3 Å². The third-order valence-corrected chi connectivity index (χ3v) is 3.35. The number of esters is 1. The third kappa shape index (κ3) is 4.36. The number of hydrogen-bond acceptors (Lipinski definition) is 3. The molecule has 0 saturated heterocycles. The molecule has 0 amide bonds. The SMILES string of the molecule is CCCCC(CC)CC(C)(C(=O)O)C(=O)OC. The van der Waals surface area contributed by atoms with E-state index in [4.69, 9.17) is 0 Å². The average molecular weight is 244 g/mol. The molecule has 0 bridgehead atoms. The number of rotatable bonds is 8. The van der Waals surface area contributed by atoms with Crippen molar-refractivity contribution < 1.29 is 19.4 Å². The molecule has 0 aromatic rings. The van der Waals surface area contributed by atoms with Gasteiger partial charge in [-0.25, -0.2) is 0 Å². The Labute approximate surface area is 103 Å². The smallest absolute Gasteiger partial charge is 0.322 e. The molecular weight excluding hydrogens is 220 g/mol. The van der Waals surface area contributed by atoms with E-state index in [1.807, 2.05) is 6.92 Å². The zero-order valence-corrected chi connectivity index (χ0v) is 11.3. The van der Waals surface area contributed by atoms with Gasteiger partial charge in [-0.3, -0.25) is 9.59 Å². The predicted molar refractivity (Wildman–Crippen MR) is 65.7 cm³/mol. The minimum absolute atomic E-state index is 0.259. The molecule has 2 unspecified atom stereocenters. The molecule has 0 radical (unpaired) electrons. The van der Waals surface area contributed by atoms with Crippen molar-refractivity contribution in [3.05, 3.63) is 0 Å². The molecule has 1 N–H and O–H groups in total. The Morgan fingerprint density at radius 3 is 2.29 bits per heavy atom. The Morgan fingerprint density at radius 2 is 1.94 bits per heavy atom. The van der Waals surface area contributed by atoms with Gasteiger partial charge in [0, 0.05) is 0 Å². The van der Waals surface area contributed by atoms with Gasteiger partial charge < -0.3 is 9.84 Å². The lowest BCUT2D eigenvalue weighted by atomic mass is 9.78. The van der Waals surface area contributed by atoms with Gasteiger partial charge in [0.1, 0.15) is 0 Å². The van der Waals surface area contributed by atoms with E-state index in [0.717, 1.165) is 25.7 Å². The number of aliphatic carboxylic acids is 1. The van der Waals surface area contributed by atoms with Crippen LogP contribution in [0.25, 0.3) is 0 Å². The van der Waals surface area contributed by atoms with Crippen LogP contribution >= 0.6 is 0 Å². The lowest BCUT2D eigenvalue weighted by Gasteiger charge is -2.26. The maximum atomic E-state index is 11.6. The number of methoxy groups -OCH3 is 1. The minimum atomic E-state index is -1.41. The topological polar surface area (TPSA) is 63.6 Å². The molecule has 100 valence electrons. The molecule has 0 aliphatic carbocycles. The second kappa shape index (κ2) is 7.30. The predicted octanol–water partition coefficient (Wildman–Crippen LogP) is 2.86. The number of carboxylic acids is 1. The normalized spacial score (nSPS) is 16.0. The monoisotopic (exact) mass is 244 g/mol. The fourth-order valence-corrected chi connectivity index (χ4v) is 2.00. The largest absolute Gasteiger partial charge is 0.480 e. The Bertz CT molecular complexity index is 262. The summed E-state index contributed by atoms with van der Waals surface area (Å²) in [7, 11) is 1.23. The van der Waals surface area contributed by atoms with Gasteiger partial charge in [0.2, 0.25) is 0 Å². The van der Waals surface area contributed by atoms with E-state index in [1.54, 1.807) is 0 Å². The van der Waals surface area contributed by atoms with Crippen LogP contribution in [-0.4, -0.2) is 24.2 Å². The van der Waals surface area contributed by atoms with Crippen LogP contribution in [-0.2, 0) is 14.3 Å². The molecule has 0 aliphatic heterocycles. The average Bonchev–Trinajstić information content (AvgIpc) is 2.32. The third-order valence-electron chi connectivity index (χ3n) is 3.35. The zero-order valence-electron chi connectivity index (χ0n) is 11.3. The quantitative estimate of drug-likeness (QED) is 0.526. The molecule has 0 aromatic carbocycles. The summed E-state index contributed by atoms with van der Waals surface area (Å²) in [5.41, 5.74) is -1.41. The van der Waals surface area contributed by atoms with E-state index in [1.165, 1.54) is 14.0 Å². The molecule has 0 fully saturated rings. The van der Waals surface area contributed by atoms with Crippen LogP contribution in [0.3, 0.4) is 0 Å². The van der Waals surface area contributed by atoms with Crippen molar-refractivity contribution in [1.29, 1.82) is 0 Å². The molecule has 17 heavy (non-hydrogen) atoms. The summed E-state index contributed by atoms with van der Waals surface area (Å²) in [6.45, 7) is 5.58. The minimum Gasteiger partial charge on any atom is -0.480 e. The molecular formula is C13H24O4. The molecule has 2 atom stereocenters.